The van der Waals surface area contributed by atoms with Crippen LogP contribution in [0.4, 0.5) is 0 Å². The molecule has 0 aromatic carbocycles. The lowest BCUT2D eigenvalue weighted by Gasteiger charge is -2.23. The number of hydrogen-bond acceptors (Lipinski definition) is 4. The van der Waals surface area contributed by atoms with Crippen LogP contribution in [0, 0.1) is 0 Å². The molecular weight excluding hydrogens is 248 g/mol. The maximum atomic E-state index is 12.1. The van der Waals surface area contributed by atoms with E-state index in [0.717, 1.165) is 12.8 Å². The summed E-state index contributed by atoms with van der Waals surface area (Å²) < 4.78 is 4.81. The first-order valence-corrected chi connectivity index (χ1v) is 6.74. The van der Waals surface area contributed by atoms with Crippen molar-refractivity contribution in [3.05, 3.63) is 0 Å². The van der Waals surface area contributed by atoms with Crippen molar-refractivity contribution in [2.24, 2.45) is 0 Å². The van der Waals surface area contributed by atoms with Crippen LogP contribution in [0.15, 0.2) is 0 Å². The summed E-state index contributed by atoms with van der Waals surface area (Å²) in [5.41, 5.74) is 0. The van der Waals surface area contributed by atoms with Crippen molar-refractivity contribution in [1.29, 1.82) is 0 Å². The lowest BCUT2D eigenvalue weighted by molar-refractivity contribution is -0.144. The van der Waals surface area contributed by atoms with Gasteiger partial charge in [-0.2, -0.15) is 0 Å². The van der Waals surface area contributed by atoms with Gasteiger partial charge in [-0.15, -0.1) is 0 Å². The molecule has 0 bridgehead atoms. The Kier molecular flexibility index (Phi) is 6.32. The second kappa shape index (κ2) is 7.76. The fourth-order valence-corrected chi connectivity index (χ4v) is 2.03. The zero-order valence-electron chi connectivity index (χ0n) is 11.6. The Morgan fingerprint density at radius 1 is 1.42 bits per heavy atom. The lowest BCUT2D eigenvalue weighted by Crippen LogP contribution is -2.46. The molecule has 6 heteroatoms. The molecule has 1 atom stereocenters. The molecule has 0 unspecified atom stereocenters. The maximum Gasteiger partial charge on any atom is 0.307 e. The summed E-state index contributed by atoms with van der Waals surface area (Å²) >= 11 is 0. The minimum Gasteiger partial charge on any atom is -0.466 e. The first-order valence-electron chi connectivity index (χ1n) is 6.74. The van der Waals surface area contributed by atoms with Crippen molar-refractivity contribution in [2.45, 2.75) is 45.1 Å². The molecule has 19 heavy (non-hydrogen) atoms. The molecule has 1 aliphatic heterocycles. The third kappa shape index (κ3) is 5.28. The van der Waals surface area contributed by atoms with E-state index in [9.17, 15) is 14.4 Å². The molecule has 2 amide bonds. The van der Waals surface area contributed by atoms with Crippen molar-refractivity contribution >= 4 is 17.8 Å². The van der Waals surface area contributed by atoms with Crippen LogP contribution < -0.4 is 5.32 Å². The molecule has 0 saturated carbocycles. The number of rotatable bonds is 5. The Bertz CT molecular complexity index is 344. The average molecular weight is 270 g/mol. The van der Waals surface area contributed by atoms with Gasteiger partial charge in [-0.05, 0) is 19.8 Å². The SMILES string of the molecule is CCOC(=O)CCN(C)C(=O)[C@@H]1CCCCC(=O)N1. The van der Waals surface area contributed by atoms with Crippen molar-refractivity contribution < 1.29 is 19.1 Å². The van der Waals surface area contributed by atoms with Gasteiger partial charge in [0, 0.05) is 20.0 Å². The van der Waals surface area contributed by atoms with Crippen LogP contribution >= 0.6 is 0 Å². The highest BCUT2D eigenvalue weighted by atomic mass is 16.5. The van der Waals surface area contributed by atoms with Crippen LogP contribution in [0.2, 0.25) is 0 Å². The predicted octanol–water partition coefficient (Wildman–Crippen LogP) is 0.457. The molecule has 0 spiro atoms. The summed E-state index contributed by atoms with van der Waals surface area (Å²) in [5, 5.41) is 2.73. The number of hydrogen-bond donors (Lipinski definition) is 1. The standard InChI is InChI=1S/C13H22N2O4/c1-3-19-12(17)8-9-15(2)13(18)10-6-4-5-7-11(16)14-10/h10H,3-9H2,1-2H3,(H,14,16)/t10-/m0/s1. The quantitative estimate of drug-likeness (QED) is 0.736. The lowest BCUT2D eigenvalue weighted by atomic mass is 10.1. The van der Waals surface area contributed by atoms with Crippen molar-refractivity contribution in [1.82, 2.24) is 10.2 Å². The van der Waals surface area contributed by atoms with Crippen molar-refractivity contribution in [2.75, 3.05) is 20.2 Å². The average Bonchev–Trinajstić information content (AvgIpc) is 2.60. The number of esters is 1. The second-order valence-electron chi connectivity index (χ2n) is 4.68. The van der Waals surface area contributed by atoms with Crippen LogP contribution in [0.3, 0.4) is 0 Å². The number of amides is 2. The monoisotopic (exact) mass is 270 g/mol. The van der Waals surface area contributed by atoms with E-state index < -0.39 is 6.04 Å². The molecule has 1 fully saturated rings. The van der Waals surface area contributed by atoms with Crippen LogP contribution in [0.1, 0.15) is 39.0 Å². The molecule has 1 aliphatic rings. The van der Waals surface area contributed by atoms with E-state index in [0.29, 0.717) is 26.0 Å². The van der Waals surface area contributed by atoms with E-state index in [1.54, 1.807) is 14.0 Å². The van der Waals surface area contributed by atoms with Gasteiger partial charge < -0.3 is 15.0 Å². The van der Waals surface area contributed by atoms with Gasteiger partial charge in [0.2, 0.25) is 11.8 Å². The molecule has 1 N–H and O–H groups in total. The minimum absolute atomic E-state index is 0.0744. The normalized spacial score (nSPS) is 19.3. The molecule has 1 heterocycles. The van der Waals surface area contributed by atoms with Gasteiger partial charge in [0.15, 0.2) is 0 Å². The van der Waals surface area contributed by atoms with E-state index in [4.69, 9.17) is 4.74 Å². The smallest absolute Gasteiger partial charge is 0.307 e. The zero-order chi connectivity index (χ0) is 14.3. The Labute approximate surface area is 113 Å². The van der Waals surface area contributed by atoms with Crippen molar-refractivity contribution in [3.8, 4) is 0 Å². The molecule has 1 rings (SSSR count). The van der Waals surface area contributed by atoms with E-state index in [2.05, 4.69) is 5.32 Å². The molecule has 108 valence electrons. The van der Waals surface area contributed by atoms with E-state index in [-0.39, 0.29) is 24.2 Å². The van der Waals surface area contributed by atoms with Gasteiger partial charge in [0.05, 0.1) is 13.0 Å². The summed E-state index contributed by atoms with van der Waals surface area (Å²) in [5.74, 6) is -0.527. The molecular formula is C13H22N2O4. The fraction of sp³-hybridized carbons (Fsp3) is 0.769. The Hall–Kier alpha value is -1.59. The van der Waals surface area contributed by atoms with E-state index >= 15 is 0 Å². The number of carbonyl (C=O) groups excluding carboxylic acids is 3. The third-order valence-corrected chi connectivity index (χ3v) is 3.11. The highest BCUT2D eigenvalue weighted by Gasteiger charge is 2.25. The Balaban J connectivity index is 2.42. The van der Waals surface area contributed by atoms with Gasteiger partial charge in [-0.1, -0.05) is 6.42 Å². The molecule has 6 nitrogen and oxygen atoms in total. The van der Waals surface area contributed by atoms with Crippen molar-refractivity contribution in [3.63, 3.8) is 0 Å². The maximum absolute atomic E-state index is 12.1. The topological polar surface area (TPSA) is 75.7 Å². The third-order valence-electron chi connectivity index (χ3n) is 3.11. The molecule has 0 aromatic rings. The number of carbonyl (C=O) groups is 3. The first kappa shape index (κ1) is 15.5. The number of nitrogens with one attached hydrogen (secondary N) is 1. The van der Waals surface area contributed by atoms with Gasteiger partial charge in [-0.25, -0.2) is 0 Å². The number of likely N-dealkylation sites (N-methyl/N-ethyl adjacent to an activating group) is 1. The summed E-state index contributed by atoms with van der Waals surface area (Å²) in [7, 11) is 1.64. The van der Waals surface area contributed by atoms with Gasteiger partial charge in [0.25, 0.3) is 0 Å². The first-order chi connectivity index (χ1) is 9.04. The van der Waals surface area contributed by atoms with E-state index in [1.165, 1.54) is 4.90 Å². The Morgan fingerprint density at radius 3 is 2.84 bits per heavy atom. The summed E-state index contributed by atoms with van der Waals surface area (Å²) in [6.07, 6.45) is 3.00. The molecule has 1 saturated heterocycles. The van der Waals surface area contributed by atoms with E-state index in [1.807, 2.05) is 0 Å². The summed E-state index contributed by atoms with van der Waals surface area (Å²) in [6.45, 7) is 2.40. The molecule has 0 radical (unpaired) electrons. The highest BCUT2D eigenvalue weighted by molar-refractivity contribution is 5.88. The Morgan fingerprint density at radius 2 is 2.16 bits per heavy atom. The van der Waals surface area contributed by atoms with Gasteiger partial charge in [0.1, 0.15) is 6.04 Å². The van der Waals surface area contributed by atoms with Crippen LogP contribution in [-0.2, 0) is 19.1 Å². The summed E-state index contributed by atoms with van der Waals surface area (Å²) in [4.78, 5) is 36.2. The zero-order valence-corrected chi connectivity index (χ0v) is 11.6. The van der Waals surface area contributed by atoms with Crippen LogP contribution in [-0.4, -0.2) is 48.9 Å². The van der Waals surface area contributed by atoms with Crippen LogP contribution in [0.25, 0.3) is 0 Å². The number of ether oxygens (including phenoxy) is 1. The van der Waals surface area contributed by atoms with Gasteiger partial charge in [-0.3, -0.25) is 14.4 Å². The number of nitrogens with zero attached hydrogens (tertiary/aromatic N) is 1. The largest absolute Gasteiger partial charge is 0.466 e. The van der Waals surface area contributed by atoms with Crippen LogP contribution in [0.5, 0.6) is 0 Å². The molecule has 0 aliphatic carbocycles. The minimum atomic E-state index is -0.456. The molecule has 0 aromatic heterocycles. The van der Waals surface area contributed by atoms with Gasteiger partial charge >= 0.3 is 5.97 Å². The summed E-state index contributed by atoms with van der Waals surface area (Å²) in [6, 6.07) is -0.456. The highest BCUT2D eigenvalue weighted by Crippen LogP contribution is 2.11. The second-order valence-corrected chi connectivity index (χ2v) is 4.68. The predicted molar refractivity (Wildman–Crippen MR) is 69.3 cm³/mol. The fourth-order valence-electron chi connectivity index (χ4n) is 2.03.